The van der Waals surface area contributed by atoms with Crippen molar-refractivity contribution in [3.63, 3.8) is 0 Å². The third-order valence-electron chi connectivity index (χ3n) is 9.82. The predicted octanol–water partition coefficient (Wildman–Crippen LogP) is 4.48. The minimum absolute atomic E-state index is 0.494. The van der Waals surface area contributed by atoms with Gasteiger partial charge in [-0.25, -0.2) is 0 Å². The van der Waals surface area contributed by atoms with Gasteiger partial charge in [-0.05, 0) is 99.2 Å². The largest absolute Gasteiger partial charge is 0.328 e. The monoisotopic (exact) mass is 330 g/mol. The molecule has 1 spiro atoms. The molecule has 24 heavy (non-hydrogen) atoms. The van der Waals surface area contributed by atoms with Gasteiger partial charge in [0.05, 0.1) is 0 Å². The van der Waals surface area contributed by atoms with Crippen LogP contribution < -0.4 is 11.1 Å². The molecule has 4 saturated carbocycles. The normalized spacial score (nSPS) is 58.9. The first-order valence-corrected chi connectivity index (χ1v) is 11.1. The minimum Gasteiger partial charge on any atom is -0.328 e. The predicted molar refractivity (Wildman–Crippen MR) is 99.6 cm³/mol. The molecular formula is C22H38N2. The Morgan fingerprint density at radius 1 is 0.958 bits per heavy atom. The number of nitrogens with two attached hydrogens (primary N) is 1. The second-order valence-electron chi connectivity index (χ2n) is 10.5. The van der Waals surface area contributed by atoms with Crippen molar-refractivity contribution in [2.45, 2.75) is 102 Å². The third kappa shape index (κ3) is 1.96. The van der Waals surface area contributed by atoms with Crippen LogP contribution in [0.2, 0.25) is 0 Å². The molecule has 1 heterocycles. The minimum atomic E-state index is 0.494. The zero-order chi connectivity index (χ0) is 16.5. The molecular weight excluding hydrogens is 292 g/mol. The van der Waals surface area contributed by atoms with Gasteiger partial charge in [0.15, 0.2) is 0 Å². The lowest BCUT2D eigenvalue weighted by molar-refractivity contribution is -0.126. The number of nitrogens with one attached hydrogen (secondary N) is 1. The summed E-state index contributed by atoms with van der Waals surface area (Å²) in [6.45, 7) is 5.02. The molecule has 0 aromatic heterocycles. The average molecular weight is 331 g/mol. The van der Waals surface area contributed by atoms with E-state index in [1.54, 1.807) is 0 Å². The number of rotatable bonds is 2. The molecule has 1 saturated heterocycles. The standard InChI is InChI=1S/C22H38N2/c1-3-4-20-19-8-7-18-16-6-5-14-13-15(23)9-11-21(14,2)17(16)10-12-22(18,19)24-20/h14-20,24H,3-13,23H2,1-2H3. The maximum Gasteiger partial charge on any atom is 0.0258 e. The van der Waals surface area contributed by atoms with Crippen LogP contribution in [0.1, 0.15) is 84.5 Å². The summed E-state index contributed by atoms with van der Waals surface area (Å²) >= 11 is 0. The highest BCUT2D eigenvalue weighted by molar-refractivity contribution is 5.21. The first kappa shape index (κ1) is 16.1. The van der Waals surface area contributed by atoms with Gasteiger partial charge in [0, 0.05) is 17.6 Å². The van der Waals surface area contributed by atoms with E-state index in [2.05, 4.69) is 19.2 Å². The van der Waals surface area contributed by atoms with Crippen LogP contribution in [-0.2, 0) is 0 Å². The molecule has 0 amide bonds. The Morgan fingerprint density at radius 2 is 1.79 bits per heavy atom. The molecule has 2 heteroatoms. The third-order valence-corrected chi connectivity index (χ3v) is 9.82. The molecule has 9 unspecified atom stereocenters. The zero-order valence-electron chi connectivity index (χ0n) is 15.9. The Bertz CT molecular complexity index is 504. The van der Waals surface area contributed by atoms with Gasteiger partial charge in [-0.3, -0.25) is 0 Å². The Labute approximate surface area is 148 Å². The van der Waals surface area contributed by atoms with Crippen molar-refractivity contribution in [3.8, 4) is 0 Å². The fraction of sp³-hybridized carbons (Fsp3) is 1.00. The molecule has 0 aromatic carbocycles. The highest BCUT2D eigenvalue weighted by Crippen LogP contribution is 2.67. The van der Waals surface area contributed by atoms with Crippen molar-refractivity contribution in [2.75, 3.05) is 0 Å². The molecule has 5 aliphatic rings. The molecule has 2 nitrogen and oxygen atoms in total. The zero-order valence-corrected chi connectivity index (χ0v) is 15.9. The van der Waals surface area contributed by atoms with Gasteiger partial charge in [0.1, 0.15) is 0 Å². The van der Waals surface area contributed by atoms with Gasteiger partial charge in [0.2, 0.25) is 0 Å². The van der Waals surface area contributed by atoms with Crippen LogP contribution in [0.4, 0.5) is 0 Å². The molecule has 5 fully saturated rings. The molecule has 3 N–H and O–H groups in total. The lowest BCUT2D eigenvalue weighted by Gasteiger charge is -2.65. The SMILES string of the molecule is CCCC1NC23CCC4C(CCC5CC(N)CCC54C)C2CCC13. The number of hydrogen-bond acceptors (Lipinski definition) is 2. The molecule has 4 aliphatic carbocycles. The fourth-order valence-electron chi connectivity index (χ4n) is 8.79. The van der Waals surface area contributed by atoms with E-state index >= 15 is 0 Å². The van der Waals surface area contributed by atoms with E-state index in [9.17, 15) is 0 Å². The van der Waals surface area contributed by atoms with Crippen LogP contribution in [0.5, 0.6) is 0 Å². The van der Waals surface area contributed by atoms with Gasteiger partial charge >= 0.3 is 0 Å². The Balaban J connectivity index is 1.38. The summed E-state index contributed by atoms with van der Waals surface area (Å²) in [6.07, 6.45) is 15.8. The van der Waals surface area contributed by atoms with Crippen LogP contribution in [-0.4, -0.2) is 17.6 Å². The quantitative estimate of drug-likeness (QED) is 0.783. The maximum atomic E-state index is 6.34. The lowest BCUT2D eigenvalue weighted by atomic mass is 9.44. The lowest BCUT2D eigenvalue weighted by Crippen LogP contribution is -2.74. The second kappa shape index (κ2) is 5.46. The van der Waals surface area contributed by atoms with Crippen molar-refractivity contribution >= 4 is 0 Å². The van der Waals surface area contributed by atoms with Crippen molar-refractivity contribution in [1.29, 1.82) is 0 Å². The van der Waals surface area contributed by atoms with E-state index in [0.717, 1.165) is 35.6 Å². The highest BCUT2D eigenvalue weighted by atomic mass is 15.1. The Hall–Kier alpha value is -0.0800. The van der Waals surface area contributed by atoms with Crippen molar-refractivity contribution in [3.05, 3.63) is 0 Å². The van der Waals surface area contributed by atoms with Crippen molar-refractivity contribution in [2.24, 2.45) is 40.7 Å². The second-order valence-corrected chi connectivity index (χ2v) is 10.5. The van der Waals surface area contributed by atoms with Crippen LogP contribution in [0.15, 0.2) is 0 Å². The highest BCUT2D eigenvalue weighted by Gasteiger charge is 2.66. The summed E-state index contributed by atoms with van der Waals surface area (Å²) in [5.41, 5.74) is 7.53. The van der Waals surface area contributed by atoms with Crippen LogP contribution in [0.3, 0.4) is 0 Å². The Morgan fingerprint density at radius 3 is 2.62 bits per heavy atom. The van der Waals surface area contributed by atoms with Crippen LogP contribution >= 0.6 is 0 Å². The molecule has 5 rings (SSSR count). The maximum absolute atomic E-state index is 6.34. The first-order valence-electron chi connectivity index (χ1n) is 11.1. The smallest absolute Gasteiger partial charge is 0.0258 e. The van der Waals surface area contributed by atoms with Crippen LogP contribution in [0.25, 0.3) is 0 Å². The van der Waals surface area contributed by atoms with Crippen molar-refractivity contribution in [1.82, 2.24) is 5.32 Å². The average Bonchev–Trinajstić information content (AvgIpc) is 2.86. The van der Waals surface area contributed by atoms with Gasteiger partial charge in [0.25, 0.3) is 0 Å². The van der Waals surface area contributed by atoms with Gasteiger partial charge in [-0.1, -0.05) is 20.3 Å². The summed E-state index contributed by atoms with van der Waals surface area (Å²) in [5, 5.41) is 4.16. The van der Waals surface area contributed by atoms with E-state index in [0.29, 0.717) is 17.0 Å². The summed E-state index contributed by atoms with van der Waals surface area (Å²) in [4.78, 5) is 0. The number of fused-ring (bicyclic) bond motifs is 4. The summed E-state index contributed by atoms with van der Waals surface area (Å²) < 4.78 is 0. The van der Waals surface area contributed by atoms with E-state index in [1.165, 1.54) is 70.6 Å². The van der Waals surface area contributed by atoms with Gasteiger partial charge in [-0.15, -0.1) is 0 Å². The topological polar surface area (TPSA) is 38.0 Å². The summed E-state index contributed by atoms with van der Waals surface area (Å²) in [5.74, 6) is 4.98. The summed E-state index contributed by atoms with van der Waals surface area (Å²) in [6, 6.07) is 1.35. The molecule has 0 bridgehead atoms. The molecule has 9 atom stereocenters. The van der Waals surface area contributed by atoms with Gasteiger partial charge < -0.3 is 11.1 Å². The van der Waals surface area contributed by atoms with E-state index in [-0.39, 0.29) is 0 Å². The van der Waals surface area contributed by atoms with Crippen molar-refractivity contribution < 1.29 is 0 Å². The van der Waals surface area contributed by atoms with Gasteiger partial charge in [-0.2, -0.15) is 0 Å². The Kier molecular flexibility index (Phi) is 3.67. The van der Waals surface area contributed by atoms with Crippen LogP contribution in [0, 0.1) is 35.0 Å². The van der Waals surface area contributed by atoms with E-state index in [4.69, 9.17) is 5.73 Å². The fourth-order valence-corrected chi connectivity index (χ4v) is 8.79. The molecule has 1 aliphatic heterocycles. The summed E-state index contributed by atoms with van der Waals surface area (Å²) in [7, 11) is 0. The molecule has 0 radical (unpaired) electrons. The van der Waals surface area contributed by atoms with E-state index < -0.39 is 0 Å². The molecule has 0 aromatic rings. The van der Waals surface area contributed by atoms with E-state index in [1.807, 2.05) is 0 Å². The number of hydrogen-bond donors (Lipinski definition) is 2. The molecule has 136 valence electrons. The first-order chi connectivity index (χ1) is 11.6.